The van der Waals surface area contributed by atoms with Gasteiger partial charge in [0, 0.05) is 11.3 Å². The van der Waals surface area contributed by atoms with E-state index in [1.54, 1.807) is 18.2 Å². The zero-order chi connectivity index (χ0) is 21.0. The number of para-hydroxylation sites is 2. The Morgan fingerprint density at radius 3 is 2.69 bits per heavy atom. The first kappa shape index (κ1) is 20.9. The number of carboxylic acid groups (broad SMARTS) is 1. The van der Waals surface area contributed by atoms with E-state index < -0.39 is 11.9 Å². The van der Waals surface area contributed by atoms with Crippen LogP contribution in [0.25, 0.3) is 0 Å². The number of ether oxygens (including phenoxy) is 1. The van der Waals surface area contributed by atoms with Crippen molar-refractivity contribution >= 4 is 39.8 Å². The fraction of sp³-hybridized carbons (Fsp3) is 0.381. The molecular formula is C21H24N2O5S. The van der Waals surface area contributed by atoms with Gasteiger partial charge in [-0.05, 0) is 42.9 Å². The van der Waals surface area contributed by atoms with E-state index in [-0.39, 0.29) is 18.7 Å². The molecule has 29 heavy (non-hydrogen) atoms. The van der Waals surface area contributed by atoms with Gasteiger partial charge < -0.3 is 20.5 Å². The van der Waals surface area contributed by atoms with Gasteiger partial charge in [0.2, 0.25) is 5.91 Å². The minimum absolute atomic E-state index is 0.137. The molecule has 1 heterocycles. The lowest BCUT2D eigenvalue weighted by atomic mass is 9.88. The zero-order valence-corrected chi connectivity index (χ0v) is 17.2. The summed E-state index contributed by atoms with van der Waals surface area (Å²) in [5, 5.41) is 14.9. The van der Waals surface area contributed by atoms with Crippen molar-refractivity contribution in [3.05, 3.63) is 40.3 Å². The minimum Gasteiger partial charge on any atom is -0.495 e. The molecule has 0 saturated heterocycles. The number of carboxylic acids is 1. The average Bonchev–Trinajstić information content (AvgIpc) is 3.03. The van der Waals surface area contributed by atoms with Crippen molar-refractivity contribution in [1.29, 1.82) is 0 Å². The van der Waals surface area contributed by atoms with Crippen LogP contribution in [-0.4, -0.2) is 30.0 Å². The van der Waals surface area contributed by atoms with Gasteiger partial charge in [0.25, 0.3) is 5.91 Å². The Bertz CT molecular complexity index is 937. The highest BCUT2D eigenvalue weighted by Crippen LogP contribution is 2.40. The van der Waals surface area contributed by atoms with Gasteiger partial charge in [0.15, 0.2) is 0 Å². The van der Waals surface area contributed by atoms with Crippen molar-refractivity contribution in [3.8, 4) is 5.75 Å². The first-order chi connectivity index (χ1) is 13.9. The molecule has 1 aromatic heterocycles. The largest absolute Gasteiger partial charge is 0.495 e. The highest BCUT2D eigenvalue weighted by Gasteiger charge is 2.28. The van der Waals surface area contributed by atoms with Gasteiger partial charge >= 0.3 is 5.97 Å². The van der Waals surface area contributed by atoms with Crippen LogP contribution < -0.4 is 15.4 Å². The van der Waals surface area contributed by atoms with E-state index >= 15 is 0 Å². The highest BCUT2D eigenvalue weighted by atomic mass is 32.1. The van der Waals surface area contributed by atoms with Crippen LogP contribution in [0.15, 0.2) is 24.3 Å². The van der Waals surface area contributed by atoms with E-state index in [4.69, 9.17) is 9.84 Å². The van der Waals surface area contributed by atoms with E-state index in [9.17, 15) is 14.4 Å². The molecule has 8 heteroatoms. The molecule has 0 aliphatic heterocycles. The number of hydrogen-bond donors (Lipinski definition) is 3. The lowest BCUT2D eigenvalue weighted by molar-refractivity contribution is -0.138. The topological polar surface area (TPSA) is 105 Å². The zero-order valence-electron chi connectivity index (χ0n) is 16.4. The average molecular weight is 416 g/mol. The molecule has 7 nitrogen and oxygen atoms in total. The first-order valence-corrected chi connectivity index (χ1v) is 10.3. The first-order valence-electron chi connectivity index (χ1n) is 9.49. The lowest BCUT2D eigenvalue weighted by Gasteiger charge is -2.19. The predicted octanol–water partition coefficient (Wildman–Crippen LogP) is 3.94. The molecule has 3 N–H and O–H groups in total. The summed E-state index contributed by atoms with van der Waals surface area (Å²) in [5.41, 5.74) is 1.98. The van der Waals surface area contributed by atoms with E-state index in [0.717, 1.165) is 29.7 Å². The van der Waals surface area contributed by atoms with Gasteiger partial charge in [-0.25, -0.2) is 0 Å². The molecule has 0 fully saturated rings. The van der Waals surface area contributed by atoms with Crippen LogP contribution in [0.4, 0.5) is 10.7 Å². The van der Waals surface area contributed by atoms with Gasteiger partial charge in [0.1, 0.15) is 10.8 Å². The summed E-state index contributed by atoms with van der Waals surface area (Å²) in [5.74, 6) is -0.693. The van der Waals surface area contributed by atoms with Gasteiger partial charge in [0.05, 0.1) is 24.8 Å². The van der Waals surface area contributed by atoms with Crippen molar-refractivity contribution in [2.75, 3.05) is 17.7 Å². The van der Waals surface area contributed by atoms with Gasteiger partial charge in [-0.15, -0.1) is 11.3 Å². The van der Waals surface area contributed by atoms with E-state index in [0.29, 0.717) is 27.9 Å². The van der Waals surface area contributed by atoms with Crippen molar-refractivity contribution in [3.63, 3.8) is 0 Å². The maximum Gasteiger partial charge on any atom is 0.303 e. The summed E-state index contributed by atoms with van der Waals surface area (Å²) in [6.45, 7) is 2.17. The number of hydrogen-bond acceptors (Lipinski definition) is 5. The molecular weight excluding hydrogens is 392 g/mol. The van der Waals surface area contributed by atoms with Crippen molar-refractivity contribution < 1.29 is 24.2 Å². The molecule has 0 bridgehead atoms. The standard InChI is InChI=1S/C21H24N2O5S/c1-12-7-8-13-16(11-12)29-21(23-17(24)9-10-18(25)26)19(13)20(27)22-14-5-3-4-6-15(14)28-2/h3-6,12H,7-11H2,1-2H3,(H,22,27)(H,23,24)(H,25,26). The van der Waals surface area contributed by atoms with Crippen LogP contribution in [-0.2, 0) is 22.4 Å². The van der Waals surface area contributed by atoms with E-state index in [1.807, 2.05) is 6.07 Å². The SMILES string of the molecule is COc1ccccc1NC(=O)c1c(NC(=O)CCC(=O)O)sc2c1CCC(C)C2. The van der Waals surface area contributed by atoms with Gasteiger partial charge in [-0.2, -0.15) is 0 Å². The second-order valence-corrected chi connectivity index (χ2v) is 8.26. The number of carbonyl (C=O) groups excluding carboxylic acids is 2. The summed E-state index contributed by atoms with van der Waals surface area (Å²) in [7, 11) is 1.53. The van der Waals surface area contributed by atoms with Crippen LogP contribution in [0, 0.1) is 5.92 Å². The summed E-state index contributed by atoms with van der Waals surface area (Å²) in [4.78, 5) is 37.2. The third-order valence-electron chi connectivity index (χ3n) is 4.91. The summed E-state index contributed by atoms with van der Waals surface area (Å²) in [6.07, 6.45) is 2.22. The Morgan fingerprint density at radius 1 is 1.21 bits per heavy atom. The Morgan fingerprint density at radius 2 is 1.97 bits per heavy atom. The molecule has 1 aliphatic rings. The molecule has 154 valence electrons. The Balaban J connectivity index is 1.90. The van der Waals surface area contributed by atoms with Crippen LogP contribution in [0.3, 0.4) is 0 Å². The summed E-state index contributed by atoms with van der Waals surface area (Å²) < 4.78 is 5.30. The Kier molecular flexibility index (Phi) is 6.53. The number of fused-ring (bicyclic) bond motifs is 1. The number of nitrogens with one attached hydrogen (secondary N) is 2. The number of methoxy groups -OCH3 is 1. The van der Waals surface area contributed by atoms with E-state index in [1.165, 1.54) is 18.4 Å². The molecule has 1 atom stereocenters. The Hall–Kier alpha value is -2.87. The molecule has 0 radical (unpaired) electrons. The lowest BCUT2D eigenvalue weighted by Crippen LogP contribution is -2.20. The quantitative estimate of drug-likeness (QED) is 0.634. The number of aliphatic carboxylic acids is 1. The third-order valence-corrected chi connectivity index (χ3v) is 6.08. The maximum atomic E-state index is 13.2. The summed E-state index contributed by atoms with van der Waals surface area (Å²) >= 11 is 1.41. The normalized spacial score (nSPS) is 15.3. The maximum absolute atomic E-state index is 13.2. The molecule has 3 rings (SSSR count). The second kappa shape index (κ2) is 9.09. The van der Waals surface area contributed by atoms with Crippen molar-refractivity contribution in [2.24, 2.45) is 5.92 Å². The number of benzene rings is 1. The molecule has 1 aliphatic carbocycles. The minimum atomic E-state index is -1.03. The fourth-order valence-electron chi connectivity index (χ4n) is 3.42. The Labute approximate surface area is 173 Å². The predicted molar refractivity (Wildman–Crippen MR) is 112 cm³/mol. The highest BCUT2D eigenvalue weighted by molar-refractivity contribution is 7.17. The van der Waals surface area contributed by atoms with Crippen LogP contribution in [0.1, 0.15) is 47.0 Å². The van der Waals surface area contributed by atoms with Crippen molar-refractivity contribution in [1.82, 2.24) is 0 Å². The molecule has 1 aromatic carbocycles. The van der Waals surface area contributed by atoms with Crippen LogP contribution >= 0.6 is 11.3 Å². The number of anilines is 2. The molecule has 0 spiro atoms. The van der Waals surface area contributed by atoms with E-state index in [2.05, 4.69) is 17.6 Å². The van der Waals surface area contributed by atoms with Crippen molar-refractivity contribution in [2.45, 2.75) is 39.0 Å². The second-order valence-electron chi connectivity index (χ2n) is 7.15. The molecule has 0 saturated carbocycles. The number of rotatable bonds is 7. The number of thiophene rings is 1. The van der Waals surface area contributed by atoms with Gasteiger partial charge in [-0.1, -0.05) is 19.1 Å². The molecule has 1 unspecified atom stereocenters. The number of carbonyl (C=O) groups is 3. The fourth-order valence-corrected chi connectivity index (χ4v) is 4.85. The molecule has 2 amide bonds. The summed E-state index contributed by atoms with van der Waals surface area (Å²) in [6, 6.07) is 7.13. The smallest absolute Gasteiger partial charge is 0.303 e. The number of amides is 2. The molecule has 2 aromatic rings. The monoisotopic (exact) mass is 416 g/mol. The third kappa shape index (κ3) is 4.95. The van der Waals surface area contributed by atoms with Gasteiger partial charge in [-0.3, -0.25) is 14.4 Å². The van der Waals surface area contributed by atoms with Crippen LogP contribution in [0.2, 0.25) is 0 Å². The van der Waals surface area contributed by atoms with Crippen LogP contribution in [0.5, 0.6) is 5.75 Å².